The van der Waals surface area contributed by atoms with Gasteiger partial charge in [-0.05, 0) is 24.9 Å². The Morgan fingerprint density at radius 1 is 1.27 bits per heavy atom. The molecule has 1 aromatic rings. The number of carbonyl (C=O) groups excluding carboxylic acids is 2. The van der Waals surface area contributed by atoms with Gasteiger partial charge in [-0.1, -0.05) is 30.3 Å². The molecule has 6 heteroatoms. The quantitative estimate of drug-likeness (QED) is 0.851. The van der Waals surface area contributed by atoms with E-state index in [4.69, 9.17) is 4.74 Å². The summed E-state index contributed by atoms with van der Waals surface area (Å²) >= 11 is 0. The van der Waals surface area contributed by atoms with Crippen LogP contribution in [-0.2, 0) is 16.1 Å². The van der Waals surface area contributed by atoms with E-state index in [0.717, 1.165) is 31.5 Å². The molecule has 1 spiro atoms. The van der Waals surface area contributed by atoms with Crippen molar-refractivity contribution in [2.24, 2.45) is 0 Å². The number of ether oxygens (including phenoxy) is 1. The highest BCUT2D eigenvalue weighted by Gasteiger charge is 2.39. The zero-order valence-corrected chi connectivity index (χ0v) is 12.5. The molecule has 1 aromatic carbocycles. The number of rotatable bonds is 2. The van der Waals surface area contributed by atoms with E-state index in [1.165, 1.54) is 4.90 Å². The third kappa shape index (κ3) is 3.39. The number of hydrogen-bond donors (Lipinski definition) is 2. The molecule has 22 heavy (non-hydrogen) atoms. The van der Waals surface area contributed by atoms with Gasteiger partial charge in [0.1, 0.15) is 13.2 Å². The lowest BCUT2D eigenvalue weighted by molar-refractivity contribution is -0.122. The Labute approximate surface area is 129 Å². The van der Waals surface area contributed by atoms with Crippen molar-refractivity contribution in [3.8, 4) is 0 Å². The Kier molecular flexibility index (Phi) is 4.29. The van der Waals surface area contributed by atoms with Gasteiger partial charge in [0.25, 0.3) is 0 Å². The van der Waals surface area contributed by atoms with Crippen LogP contribution in [0.2, 0.25) is 0 Å². The molecule has 118 valence electrons. The Bertz CT molecular complexity index is 541. The third-order valence-corrected chi connectivity index (χ3v) is 4.31. The van der Waals surface area contributed by atoms with Crippen LogP contribution < -0.4 is 10.6 Å². The Morgan fingerprint density at radius 2 is 2.09 bits per heavy atom. The minimum absolute atomic E-state index is 0.0649. The molecule has 1 atom stereocenters. The van der Waals surface area contributed by atoms with E-state index in [9.17, 15) is 9.59 Å². The lowest BCUT2D eigenvalue weighted by Gasteiger charge is -2.27. The SMILES string of the molecule is O=C1CN(C(=O)OCc2ccccc2)CCC2(CCNC2)N1. The average molecular weight is 303 g/mol. The summed E-state index contributed by atoms with van der Waals surface area (Å²) in [7, 11) is 0. The fraction of sp³-hybridized carbons (Fsp3) is 0.500. The molecule has 0 radical (unpaired) electrons. The minimum Gasteiger partial charge on any atom is -0.445 e. The smallest absolute Gasteiger partial charge is 0.410 e. The van der Waals surface area contributed by atoms with Crippen LogP contribution in [0.15, 0.2) is 30.3 Å². The summed E-state index contributed by atoms with van der Waals surface area (Å²) in [6.45, 7) is 2.50. The van der Waals surface area contributed by atoms with Gasteiger partial charge in [-0.25, -0.2) is 4.79 Å². The summed E-state index contributed by atoms with van der Waals surface area (Å²) in [5.41, 5.74) is 0.734. The second kappa shape index (κ2) is 6.36. The normalized spacial score (nSPS) is 24.9. The van der Waals surface area contributed by atoms with Gasteiger partial charge < -0.3 is 15.4 Å². The zero-order valence-electron chi connectivity index (χ0n) is 12.5. The first kappa shape index (κ1) is 14.8. The lowest BCUT2D eigenvalue weighted by atomic mass is 9.94. The van der Waals surface area contributed by atoms with Crippen molar-refractivity contribution >= 4 is 12.0 Å². The Hall–Kier alpha value is -2.08. The van der Waals surface area contributed by atoms with E-state index in [0.29, 0.717) is 6.54 Å². The molecule has 2 aliphatic rings. The summed E-state index contributed by atoms with van der Waals surface area (Å²) in [4.78, 5) is 25.7. The number of hydrogen-bond acceptors (Lipinski definition) is 4. The summed E-state index contributed by atoms with van der Waals surface area (Å²) < 4.78 is 5.31. The molecule has 1 unspecified atom stereocenters. The van der Waals surface area contributed by atoms with E-state index in [2.05, 4.69) is 10.6 Å². The maximum absolute atomic E-state index is 12.2. The highest BCUT2D eigenvalue weighted by atomic mass is 16.6. The third-order valence-electron chi connectivity index (χ3n) is 4.31. The van der Waals surface area contributed by atoms with E-state index < -0.39 is 6.09 Å². The molecular weight excluding hydrogens is 282 g/mol. The first-order valence-electron chi connectivity index (χ1n) is 7.64. The van der Waals surface area contributed by atoms with Gasteiger partial charge in [0.2, 0.25) is 5.91 Å². The van der Waals surface area contributed by atoms with Crippen LogP contribution in [0.4, 0.5) is 4.79 Å². The predicted octanol–water partition coefficient (Wildman–Crippen LogP) is 0.877. The highest BCUT2D eigenvalue weighted by molar-refractivity contribution is 5.83. The second-order valence-electron chi connectivity index (χ2n) is 5.97. The van der Waals surface area contributed by atoms with Crippen LogP contribution in [-0.4, -0.2) is 48.6 Å². The van der Waals surface area contributed by atoms with Crippen LogP contribution in [0.25, 0.3) is 0 Å². The van der Waals surface area contributed by atoms with Gasteiger partial charge in [0.15, 0.2) is 0 Å². The van der Waals surface area contributed by atoms with Crippen molar-refractivity contribution < 1.29 is 14.3 Å². The van der Waals surface area contributed by atoms with E-state index in [-0.39, 0.29) is 24.6 Å². The molecule has 0 aromatic heterocycles. The summed E-state index contributed by atoms with van der Waals surface area (Å²) in [6, 6.07) is 9.53. The molecular formula is C16H21N3O3. The summed E-state index contributed by atoms with van der Waals surface area (Å²) in [5.74, 6) is -0.113. The zero-order chi connectivity index (χ0) is 15.4. The molecule has 0 bridgehead atoms. The molecule has 2 aliphatic heterocycles. The van der Waals surface area contributed by atoms with Crippen molar-refractivity contribution in [3.05, 3.63) is 35.9 Å². The number of nitrogens with zero attached hydrogens (tertiary/aromatic N) is 1. The fourth-order valence-electron chi connectivity index (χ4n) is 3.03. The van der Waals surface area contributed by atoms with Crippen molar-refractivity contribution in [3.63, 3.8) is 0 Å². The molecule has 2 amide bonds. The molecule has 6 nitrogen and oxygen atoms in total. The van der Waals surface area contributed by atoms with Crippen LogP contribution in [0.3, 0.4) is 0 Å². The maximum Gasteiger partial charge on any atom is 0.410 e. The van der Waals surface area contributed by atoms with Gasteiger partial charge >= 0.3 is 6.09 Å². The van der Waals surface area contributed by atoms with Crippen molar-refractivity contribution in [1.29, 1.82) is 0 Å². The van der Waals surface area contributed by atoms with E-state index in [1.54, 1.807) is 0 Å². The van der Waals surface area contributed by atoms with Crippen molar-refractivity contribution in [1.82, 2.24) is 15.5 Å². The standard InChI is InChI=1S/C16H21N3O3/c20-14-10-19(9-7-16(18-14)6-8-17-12-16)15(21)22-11-13-4-2-1-3-5-13/h1-5,17H,6-12H2,(H,18,20). The lowest BCUT2D eigenvalue weighted by Crippen LogP contribution is -2.49. The molecule has 3 rings (SSSR count). The first-order valence-corrected chi connectivity index (χ1v) is 7.64. The van der Waals surface area contributed by atoms with Gasteiger partial charge in [0, 0.05) is 13.1 Å². The van der Waals surface area contributed by atoms with Crippen molar-refractivity contribution in [2.75, 3.05) is 26.2 Å². The molecule has 2 fully saturated rings. The molecule has 2 heterocycles. The Morgan fingerprint density at radius 3 is 2.82 bits per heavy atom. The molecule has 2 N–H and O–H groups in total. The highest BCUT2D eigenvalue weighted by Crippen LogP contribution is 2.22. The second-order valence-corrected chi connectivity index (χ2v) is 5.97. The maximum atomic E-state index is 12.2. The van der Waals surface area contributed by atoms with E-state index >= 15 is 0 Å². The number of benzene rings is 1. The fourth-order valence-corrected chi connectivity index (χ4v) is 3.03. The summed E-state index contributed by atoms with van der Waals surface area (Å²) in [6.07, 6.45) is 1.24. The van der Waals surface area contributed by atoms with Crippen LogP contribution in [0.1, 0.15) is 18.4 Å². The molecule has 0 aliphatic carbocycles. The first-order chi connectivity index (χ1) is 10.7. The molecule has 0 saturated carbocycles. The van der Waals surface area contributed by atoms with Gasteiger partial charge in [-0.3, -0.25) is 9.69 Å². The summed E-state index contributed by atoms with van der Waals surface area (Å²) in [5, 5.41) is 6.33. The predicted molar refractivity (Wildman–Crippen MR) is 81.2 cm³/mol. The minimum atomic E-state index is -0.429. The molecule has 2 saturated heterocycles. The Balaban J connectivity index is 1.57. The number of amides is 2. The van der Waals surface area contributed by atoms with Crippen LogP contribution >= 0.6 is 0 Å². The monoisotopic (exact) mass is 303 g/mol. The topological polar surface area (TPSA) is 70.7 Å². The largest absolute Gasteiger partial charge is 0.445 e. The van der Waals surface area contributed by atoms with Gasteiger partial charge in [-0.15, -0.1) is 0 Å². The average Bonchev–Trinajstić information content (AvgIpc) is 2.91. The van der Waals surface area contributed by atoms with Crippen molar-refractivity contribution in [2.45, 2.75) is 25.0 Å². The van der Waals surface area contributed by atoms with Crippen LogP contribution in [0, 0.1) is 0 Å². The van der Waals surface area contributed by atoms with Gasteiger partial charge in [-0.2, -0.15) is 0 Å². The van der Waals surface area contributed by atoms with E-state index in [1.807, 2.05) is 30.3 Å². The number of nitrogens with one attached hydrogen (secondary N) is 2. The van der Waals surface area contributed by atoms with Crippen LogP contribution in [0.5, 0.6) is 0 Å². The van der Waals surface area contributed by atoms with Gasteiger partial charge in [0.05, 0.1) is 5.54 Å². The number of carbonyl (C=O) groups is 2.